The summed E-state index contributed by atoms with van der Waals surface area (Å²) in [6.45, 7) is 6.79. The van der Waals surface area contributed by atoms with E-state index < -0.39 is 6.09 Å². The Labute approximate surface area is 153 Å². The van der Waals surface area contributed by atoms with Gasteiger partial charge in [0.2, 0.25) is 5.91 Å². The summed E-state index contributed by atoms with van der Waals surface area (Å²) in [6, 6.07) is 12.1. The van der Waals surface area contributed by atoms with Gasteiger partial charge in [0.25, 0.3) is 0 Å². The number of ether oxygens (including phenoxy) is 1. The third kappa shape index (κ3) is 5.24. The molecule has 0 spiro atoms. The van der Waals surface area contributed by atoms with Crippen molar-refractivity contribution in [2.45, 2.75) is 20.8 Å². The first-order valence-corrected chi connectivity index (χ1v) is 8.63. The first-order chi connectivity index (χ1) is 12.5. The lowest BCUT2D eigenvalue weighted by molar-refractivity contribution is -0.116. The summed E-state index contributed by atoms with van der Waals surface area (Å²) < 4.78 is 6.89. The van der Waals surface area contributed by atoms with Gasteiger partial charge in [-0.3, -0.25) is 4.79 Å². The highest BCUT2D eigenvalue weighted by molar-refractivity contribution is 5.91. The Morgan fingerprint density at radius 3 is 2.50 bits per heavy atom. The maximum Gasteiger partial charge on any atom is 0.407 e. The normalized spacial score (nSPS) is 10.7. The van der Waals surface area contributed by atoms with Gasteiger partial charge >= 0.3 is 6.09 Å². The molecule has 1 aromatic carbocycles. The predicted molar refractivity (Wildman–Crippen MR) is 102 cm³/mol. The third-order valence-electron chi connectivity index (χ3n) is 3.87. The van der Waals surface area contributed by atoms with Gasteiger partial charge < -0.3 is 19.9 Å². The molecule has 0 fully saturated rings. The fourth-order valence-corrected chi connectivity index (χ4v) is 2.69. The molecule has 26 heavy (non-hydrogen) atoms. The molecule has 0 aliphatic heterocycles. The van der Waals surface area contributed by atoms with Crippen molar-refractivity contribution < 1.29 is 14.3 Å². The number of aromatic nitrogens is 1. The zero-order valence-electron chi connectivity index (χ0n) is 15.4. The third-order valence-corrected chi connectivity index (χ3v) is 3.87. The van der Waals surface area contributed by atoms with Crippen LogP contribution < -0.4 is 10.6 Å². The Kier molecular flexibility index (Phi) is 7.02. The number of para-hydroxylation sites is 1. The van der Waals surface area contributed by atoms with E-state index in [0.29, 0.717) is 19.7 Å². The molecule has 0 aliphatic rings. The zero-order chi connectivity index (χ0) is 18.9. The molecule has 6 nitrogen and oxygen atoms in total. The first-order valence-electron chi connectivity index (χ1n) is 8.63. The van der Waals surface area contributed by atoms with Crippen LogP contribution in [0.5, 0.6) is 0 Å². The Hall–Kier alpha value is -3.02. The topological polar surface area (TPSA) is 72.4 Å². The lowest BCUT2D eigenvalue weighted by Gasteiger charge is -2.09. The zero-order valence-corrected chi connectivity index (χ0v) is 15.4. The van der Waals surface area contributed by atoms with E-state index in [1.54, 1.807) is 13.0 Å². The maximum atomic E-state index is 11.9. The molecule has 0 bridgehead atoms. The van der Waals surface area contributed by atoms with Crippen molar-refractivity contribution in [3.8, 4) is 5.69 Å². The minimum atomic E-state index is -0.481. The average molecular weight is 355 g/mol. The lowest BCUT2D eigenvalue weighted by atomic mass is 10.2. The number of hydrogen-bond donors (Lipinski definition) is 2. The smallest absolute Gasteiger partial charge is 0.407 e. The van der Waals surface area contributed by atoms with Gasteiger partial charge in [-0.25, -0.2) is 4.79 Å². The van der Waals surface area contributed by atoms with E-state index in [4.69, 9.17) is 4.74 Å². The second kappa shape index (κ2) is 9.46. The van der Waals surface area contributed by atoms with Crippen molar-refractivity contribution in [3.05, 3.63) is 59.4 Å². The van der Waals surface area contributed by atoms with Crippen LogP contribution in [0.15, 0.2) is 42.5 Å². The summed E-state index contributed by atoms with van der Waals surface area (Å²) in [4.78, 5) is 23.0. The molecular formula is C20H25N3O3. The lowest BCUT2D eigenvalue weighted by Crippen LogP contribution is -2.34. The highest BCUT2D eigenvalue weighted by Gasteiger charge is 2.08. The molecule has 2 amide bonds. The maximum absolute atomic E-state index is 11.9. The first kappa shape index (κ1) is 19.3. The van der Waals surface area contributed by atoms with Crippen molar-refractivity contribution in [2.75, 3.05) is 19.7 Å². The monoisotopic (exact) mass is 355 g/mol. The second-order valence-electron chi connectivity index (χ2n) is 5.77. The number of alkyl carbamates (subject to hydrolysis) is 1. The molecule has 2 N–H and O–H groups in total. The molecule has 6 heteroatoms. The van der Waals surface area contributed by atoms with Crippen LogP contribution in [0.4, 0.5) is 4.79 Å². The fraction of sp³-hybridized carbons (Fsp3) is 0.300. The summed E-state index contributed by atoms with van der Waals surface area (Å²) in [5, 5.41) is 5.27. The van der Waals surface area contributed by atoms with Crippen LogP contribution in [-0.4, -0.2) is 36.3 Å². The Bertz CT molecular complexity index is 779. The fourth-order valence-electron chi connectivity index (χ4n) is 2.69. The van der Waals surface area contributed by atoms with Crippen molar-refractivity contribution >= 4 is 18.1 Å². The van der Waals surface area contributed by atoms with Crippen LogP contribution in [0.1, 0.15) is 23.9 Å². The molecule has 1 aromatic heterocycles. The van der Waals surface area contributed by atoms with E-state index in [0.717, 1.165) is 22.6 Å². The van der Waals surface area contributed by atoms with E-state index in [9.17, 15) is 9.59 Å². The van der Waals surface area contributed by atoms with E-state index in [1.165, 1.54) is 6.08 Å². The number of rotatable bonds is 7. The number of carbonyl (C=O) groups excluding carboxylic acids is 2. The number of nitrogens with zero attached hydrogens (tertiary/aromatic N) is 1. The second-order valence-corrected chi connectivity index (χ2v) is 5.77. The van der Waals surface area contributed by atoms with Crippen LogP contribution in [0.2, 0.25) is 0 Å². The Morgan fingerprint density at radius 2 is 1.81 bits per heavy atom. The molecule has 1 heterocycles. The van der Waals surface area contributed by atoms with Crippen LogP contribution in [0.3, 0.4) is 0 Å². The van der Waals surface area contributed by atoms with Gasteiger partial charge in [-0.1, -0.05) is 18.2 Å². The van der Waals surface area contributed by atoms with Gasteiger partial charge in [-0.05, 0) is 50.6 Å². The number of benzene rings is 1. The number of nitrogens with one attached hydrogen (secondary N) is 2. The molecule has 0 radical (unpaired) electrons. The molecule has 0 saturated carbocycles. The van der Waals surface area contributed by atoms with Crippen molar-refractivity contribution in [1.29, 1.82) is 0 Å². The van der Waals surface area contributed by atoms with Crippen molar-refractivity contribution in [1.82, 2.24) is 15.2 Å². The average Bonchev–Trinajstić information content (AvgIpc) is 2.91. The predicted octanol–water partition coefficient (Wildman–Crippen LogP) is 2.97. The highest BCUT2D eigenvalue weighted by atomic mass is 16.5. The molecule has 0 atom stereocenters. The van der Waals surface area contributed by atoms with Gasteiger partial charge in [0.05, 0.1) is 6.61 Å². The number of carbonyl (C=O) groups is 2. The van der Waals surface area contributed by atoms with Crippen LogP contribution in [0.25, 0.3) is 11.8 Å². The molecule has 138 valence electrons. The van der Waals surface area contributed by atoms with Gasteiger partial charge in [0.15, 0.2) is 0 Å². The minimum Gasteiger partial charge on any atom is -0.450 e. The van der Waals surface area contributed by atoms with E-state index in [-0.39, 0.29) is 5.91 Å². The molecular weight excluding hydrogens is 330 g/mol. The Morgan fingerprint density at radius 1 is 1.12 bits per heavy atom. The summed E-state index contributed by atoms with van der Waals surface area (Å²) in [5.74, 6) is -0.208. The van der Waals surface area contributed by atoms with Gasteiger partial charge in [0.1, 0.15) is 0 Å². The van der Waals surface area contributed by atoms with Gasteiger partial charge in [-0.2, -0.15) is 0 Å². The van der Waals surface area contributed by atoms with Gasteiger partial charge in [-0.15, -0.1) is 0 Å². The molecule has 2 aromatic rings. The van der Waals surface area contributed by atoms with Crippen molar-refractivity contribution in [3.63, 3.8) is 0 Å². The summed E-state index contributed by atoms with van der Waals surface area (Å²) in [7, 11) is 0. The molecule has 0 saturated heterocycles. The van der Waals surface area contributed by atoms with Crippen molar-refractivity contribution in [2.24, 2.45) is 0 Å². The van der Waals surface area contributed by atoms with Crippen LogP contribution in [0, 0.1) is 13.8 Å². The summed E-state index contributed by atoms with van der Waals surface area (Å²) in [5.41, 5.74) is 4.26. The van der Waals surface area contributed by atoms with Crippen LogP contribution in [-0.2, 0) is 9.53 Å². The molecule has 0 aliphatic carbocycles. The van der Waals surface area contributed by atoms with E-state index in [2.05, 4.69) is 33.4 Å². The number of hydrogen-bond acceptors (Lipinski definition) is 3. The van der Waals surface area contributed by atoms with E-state index >= 15 is 0 Å². The summed E-state index contributed by atoms with van der Waals surface area (Å²) >= 11 is 0. The van der Waals surface area contributed by atoms with Crippen LogP contribution >= 0.6 is 0 Å². The SMILES string of the molecule is CCOC(=O)NCCNC(=O)/C=C/c1cc(C)n(-c2ccccc2)c1C. The standard InChI is InChI=1S/C20H25N3O3/c1-4-26-20(25)22-13-12-21-19(24)11-10-17-14-15(2)23(16(17)3)18-8-6-5-7-9-18/h5-11,14H,4,12-13H2,1-3H3,(H,21,24)(H,22,25)/b11-10+. The quantitative estimate of drug-likeness (QED) is 0.592. The van der Waals surface area contributed by atoms with Gasteiger partial charge in [0, 0.05) is 36.2 Å². The molecule has 2 rings (SSSR count). The van der Waals surface area contributed by atoms with E-state index in [1.807, 2.05) is 32.0 Å². The number of amides is 2. The Balaban J connectivity index is 1.92. The largest absolute Gasteiger partial charge is 0.450 e. The molecule has 0 unspecified atom stereocenters. The number of aryl methyl sites for hydroxylation is 1. The highest BCUT2D eigenvalue weighted by Crippen LogP contribution is 2.21. The minimum absolute atomic E-state index is 0.208. The summed E-state index contributed by atoms with van der Waals surface area (Å²) in [6.07, 6.45) is 2.82.